The number of primary amides is 1. The van der Waals surface area contributed by atoms with Gasteiger partial charge in [-0.3, -0.25) is 4.31 Å². The zero-order valence-electron chi connectivity index (χ0n) is 21.5. The maximum atomic E-state index is 14.3. The van der Waals surface area contributed by atoms with Crippen LogP contribution in [0.25, 0.3) is 11.1 Å². The highest BCUT2D eigenvalue weighted by Gasteiger charge is 2.42. The van der Waals surface area contributed by atoms with Gasteiger partial charge in [0, 0.05) is 25.5 Å². The first-order valence-electron chi connectivity index (χ1n) is 12.5. The topological polar surface area (TPSA) is 102 Å². The molecule has 0 radical (unpaired) electrons. The van der Waals surface area contributed by atoms with Crippen LogP contribution >= 0.6 is 0 Å². The van der Waals surface area contributed by atoms with Crippen LogP contribution in [0.2, 0.25) is 0 Å². The molecular weight excluding hydrogens is 592 g/mol. The Kier molecular flexibility index (Phi) is 7.64. The second-order valence-corrected chi connectivity index (χ2v) is 11.6. The van der Waals surface area contributed by atoms with Crippen LogP contribution in [-0.2, 0) is 20.9 Å². The largest absolute Gasteiger partial charge is 0.446 e. The molecule has 0 bridgehead atoms. The van der Waals surface area contributed by atoms with Gasteiger partial charge in [-0.2, -0.15) is 22.0 Å². The molecule has 2 aliphatic heterocycles. The van der Waals surface area contributed by atoms with Crippen LogP contribution in [0, 0.1) is 5.82 Å². The molecule has 3 aromatic rings. The lowest BCUT2D eigenvalue weighted by Crippen LogP contribution is -2.55. The molecule has 42 heavy (non-hydrogen) atoms. The molecule has 15 heteroatoms. The Morgan fingerprint density at radius 2 is 1.76 bits per heavy atom. The number of anilines is 2. The Morgan fingerprint density at radius 3 is 2.45 bits per heavy atom. The first-order chi connectivity index (χ1) is 19.7. The maximum Gasteiger partial charge on any atom is 0.416 e. The minimum absolute atomic E-state index is 0.0796. The number of benzene rings is 3. The van der Waals surface area contributed by atoms with Crippen molar-refractivity contribution in [2.24, 2.45) is 5.73 Å². The van der Waals surface area contributed by atoms with Crippen LogP contribution in [0.3, 0.4) is 0 Å². The van der Waals surface area contributed by atoms with Crippen molar-refractivity contribution < 1.29 is 49.0 Å². The number of hydrogen-bond donors (Lipinski definition) is 1. The molecule has 2 atom stereocenters. The highest BCUT2D eigenvalue weighted by atomic mass is 32.2. The second-order valence-electron chi connectivity index (χ2n) is 9.75. The van der Waals surface area contributed by atoms with Gasteiger partial charge in [-0.05, 0) is 53.6 Å². The molecule has 1 unspecified atom stereocenters. The van der Waals surface area contributed by atoms with E-state index >= 15 is 0 Å². The fourth-order valence-electron chi connectivity index (χ4n) is 5.30. The van der Waals surface area contributed by atoms with Gasteiger partial charge in [0.05, 0.1) is 34.4 Å². The number of nitrogens with two attached hydrogens (primary N) is 1. The standard InChI is InChI=1S/C27H23F6N3O5S/c28-18-8-16(9-21(12-18)40-25(29)30)15-4-5-23-24(10-15)36(14-19-13-20(41-26(34)37)6-7-35(19)23)42(38,39)22-3-1-2-17(11-22)27(31,32)33/h1-5,8-12,19-20,25H,6-7,13-14H2,(H2,34,37)/t19-,20?/m0/s1. The minimum atomic E-state index is -4.80. The Morgan fingerprint density at radius 1 is 1.00 bits per heavy atom. The number of ether oxygens (including phenoxy) is 2. The van der Waals surface area contributed by atoms with Crippen molar-refractivity contribution in [1.82, 2.24) is 0 Å². The number of halogens is 6. The molecule has 0 aliphatic carbocycles. The third-order valence-electron chi connectivity index (χ3n) is 7.06. The smallest absolute Gasteiger partial charge is 0.416 e. The number of carbonyl (C=O) groups is 1. The van der Waals surface area contributed by atoms with Gasteiger partial charge in [-0.15, -0.1) is 0 Å². The first-order valence-corrected chi connectivity index (χ1v) is 14.0. The molecule has 8 nitrogen and oxygen atoms in total. The summed E-state index contributed by atoms with van der Waals surface area (Å²) >= 11 is 0. The summed E-state index contributed by atoms with van der Waals surface area (Å²) in [5, 5.41) is 0. The van der Waals surface area contributed by atoms with Crippen molar-refractivity contribution in [2.45, 2.75) is 42.7 Å². The van der Waals surface area contributed by atoms with Crippen LogP contribution in [0.1, 0.15) is 18.4 Å². The van der Waals surface area contributed by atoms with Crippen LogP contribution in [0.15, 0.2) is 65.6 Å². The van der Waals surface area contributed by atoms with Gasteiger partial charge in [0.25, 0.3) is 10.0 Å². The average molecular weight is 616 g/mol. The maximum absolute atomic E-state index is 14.3. The predicted molar refractivity (Wildman–Crippen MR) is 139 cm³/mol. The SMILES string of the molecule is NC(=O)OC1CCN2c3ccc(-c4cc(F)cc(OC(F)F)c4)cc3N(S(=O)(=O)c3cccc(C(F)(F)F)c3)C[C@@H]2C1. The van der Waals surface area contributed by atoms with Gasteiger partial charge in [0.1, 0.15) is 17.7 Å². The van der Waals surface area contributed by atoms with E-state index in [9.17, 15) is 39.6 Å². The van der Waals surface area contributed by atoms with E-state index in [0.29, 0.717) is 24.7 Å². The average Bonchev–Trinajstić information content (AvgIpc) is 2.90. The van der Waals surface area contributed by atoms with E-state index in [1.54, 1.807) is 6.07 Å². The number of rotatable bonds is 6. The lowest BCUT2D eigenvalue weighted by Gasteiger charge is -2.47. The summed E-state index contributed by atoms with van der Waals surface area (Å²) in [5.41, 5.74) is 4.82. The summed E-state index contributed by atoms with van der Waals surface area (Å²) in [7, 11) is -4.60. The number of amides is 1. The summed E-state index contributed by atoms with van der Waals surface area (Å²) in [5.74, 6) is -1.34. The monoisotopic (exact) mass is 615 g/mol. The Bertz CT molecular complexity index is 1620. The first kappa shape index (κ1) is 29.4. The van der Waals surface area contributed by atoms with E-state index < -0.39 is 63.1 Å². The van der Waals surface area contributed by atoms with Crippen molar-refractivity contribution in [1.29, 1.82) is 0 Å². The van der Waals surface area contributed by atoms with Gasteiger partial charge >= 0.3 is 18.9 Å². The zero-order valence-corrected chi connectivity index (χ0v) is 22.3. The predicted octanol–water partition coefficient (Wildman–Crippen LogP) is 5.75. The highest BCUT2D eigenvalue weighted by molar-refractivity contribution is 7.92. The van der Waals surface area contributed by atoms with Crippen molar-refractivity contribution >= 4 is 27.5 Å². The van der Waals surface area contributed by atoms with Crippen LogP contribution < -0.4 is 19.7 Å². The molecule has 5 rings (SSSR count). The van der Waals surface area contributed by atoms with E-state index in [4.69, 9.17) is 10.5 Å². The summed E-state index contributed by atoms with van der Waals surface area (Å²) in [6, 6.07) is 10.2. The molecule has 2 heterocycles. The zero-order chi connectivity index (χ0) is 30.4. The third kappa shape index (κ3) is 5.91. The fourth-order valence-corrected chi connectivity index (χ4v) is 6.85. The number of piperidine rings is 1. The molecule has 1 fully saturated rings. The molecule has 0 aromatic heterocycles. The molecule has 2 aliphatic rings. The normalized spacial score (nSPS) is 18.8. The molecule has 1 saturated heterocycles. The number of hydrogen-bond acceptors (Lipinski definition) is 6. The molecule has 0 spiro atoms. The van der Waals surface area contributed by atoms with Crippen molar-refractivity contribution in [2.75, 3.05) is 22.3 Å². The number of fused-ring (bicyclic) bond motifs is 3. The third-order valence-corrected chi connectivity index (χ3v) is 8.84. The van der Waals surface area contributed by atoms with E-state index in [0.717, 1.165) is 40.7 Å². The van der Waals surface area contributed by atoms with Gasteiger partial charge in [-0.25, -0.2) is 17.6 Å². The molecule has 0 saturated carbocycles. The molecule has 224 valence electrons. The lowest BCUT2D eigenvalue weighted by atomic mass is 9.94. The highest BCUT2D eigenvalue weighted by Crippen LogP contribution is 2.44. The second kappa shape index (κ2) is 10.9. The van der Waals surface area contributed by atoms with Crippen LogP contribution in [0.4, 0.5) is 42.5 Å². The van der Waals surface area contributed by atoms with Gasteiger partial charge in [0.2, 0.25) is 0 Å². The lowest BCUT2D eigenvalue weighted by molar-refractivity contribution is -0.137. The van der Waals surface area contributed by atoms with E-state index in [1.807, 2.05) is 4.90 Å². The minimum Gasteiger partial charge on any atom is -0.446 e. The van der Waals surface area contributed by atoms with Gasteiger partial charge in [0.15, 0.2) is 0 Å². The van der Waals surface area contributed by atoms with Crippen LogP contribution in [0.5, 0.6) is 5.75 Å². The van der Waals surface area contributed by atoms with Gasteiger partial charge in [-0.1, -0.05) is 12.1 Å². The number of nitrogens with zero attached hydrogens (tertiary/aromatic N) is 2. The summed E-state index contributed by atoms with van der Waals surface area (Å²) in [4.78, 5) is 12.6. The number of alkyl halides is 5. The number of sulfonamides is 1. The Hall–Kier alpha value is -4.14. The Balaban J connectivity index is 1.62. The van der Waals surface area contributed by atoms with Crippen LogP contribution in [-0.4, -0.2) is 46.4 Å². The number of carbonyl (C=O) groups excluding carboxylic acids is 1. The quantitative estimate of drug-likeness (QED) is 0.354. The van der Waals surface area contributed by atoms with Crippen molar-refractivity contribution in [3.8, 4) is 16.9 Å². The van der Waals surface area contributed by atoms with Crippen molar-refractivity contribution in [3.05, 3.63) is 72.0 Å². The van der Waals surface area contributed by atoms with Gasteiger partial charge < -0.3 is 20.1 Å². The summed E-state index contributed by atoms with van der Waals surface area (Å²) < 4.78 is 118. The molecule has 3 aromatic carbocycles. The molecular formula is C27H23F6N3O5S. The van der Waals surface area contributed by atoms with E-state index in [-0.39, 0.29) is 29.8 Å². The fraction of sp³-hybridized carbons (Fsp3) is 0.296. The summed E-state index contributed by atoms with van der Waals surface area (Å²) in [6.07, 6.45) is -5.83. The van der Waals surface area contributed by atoms with E-state index in [2.05, 4.69) is 4.74 Å². The molecule has 1 amide bonds. The Labute approximate surface area is 236 Å². The van der Waals surface area contributed by atoms with Crippen molar-refractivity contribution in [3.63, 3.8) is 0 Å². The summed E-state index contributed by atoms with van der Waals surface area (Å²) in [6.45, 7) is -3.11. The van der Waals surface area contributed by atoms with E-state index in [1.165, 1.54) is 12.1 Å². The molecule has 2 N–H and O–H groups in total.